The third kappa shape index (κ3) is 5.11. The summed E-state index contributed by atoms with van der Waals surface area (Å²) in [5.74, 6) is 0.431. The van der Waals surface area contributed by atoms with Crippen LogP contribution in [0.4, 0.5) is 5.82 Å². The lowest BCUT2D eigenvalue weighted by Gasteiger charge is -2.44. The summed E-state index contributed by atoms with van der Waals surface area (Å²) in [6.07, 6.45) is 1.61. The number of hydrogen-bond donors (Lipinski definition) is 2. The Morgan fingerprint density at radius 3 is 2.06 bits per heavy atom. The first-order valence-electron chi connectivity index (χ1n) is 11.8. The highest BCUT2D eigenvalue weighted by atomic mass is 127. The van der Waals surface area contributed by atoms with Gasteiger partial charge in [-0.1, -0.05) is 41.5 Å². The van der Waals surface area contributed by atoms with Gasteiger partial charge in [-0.25, -0.2) is 9.97 Å². The molecule has 4 atom stereocenters. The summed E-state index contributed by atoms with van der Waals surface area (Å²) < 4.78 is 23.4. The van der Waals surface area contributed by atoms with Crippen LogP contribution in [-0.4, -0.2) is 61.2 Å². The number of nitrogens with two attached hydrogens (primary N) is 1. The Balaban J connectivity index is 2.14. The van der Waals surface area contributed by atoms with Crippen molar-refractivity contribution < 1.29 is 18.7 Å². The first-order valence-corrected chi connectivity index (χ1v) is 18.7. The van der Waals surface area contributed by atoms with Crippen LogP contribution in [0, 0.1) is 3.57 Å². The molecule has 8 nitrogen and oxygen atoms in total. The lowest BCUT2D eigenvalue weighted by atomic mass is 10.1. The molecule has 3 rings (SSSR count). The molecule has 0 saturated carbocycles. The van der Waals surface area contributed by atoms with Gasteiger partial charge in [-0.3, -0.25) is 0 Å². The molecule has 11 heteroatoms. The maximum atomic E-state index is 10.3. The van der Waals surface area contributed by atoms with Crippen LogP contribution < -0.4 is 5.73 Å². The van der Waals surface area contributed by atoms with Crippen molar-refractivity contribution in [2.75, 3.05) is 12.3 Å². The Kier molecular flexibility index (Phi) is 7.73. The van der Waals surface area contributed by atoms with Gasteiger partial charge >= 0.3 is 0 Å². The standard InChI is InChI=1S/C23H41IN4O4Si2/c1-22(2,3)33(7,8)31-17-15(12-29)30-21(18(17)32-34(9,10)23(4,5)6)28-11-14(24)16-19(25)26-13-27-20(16)28/h11,13,15,17-18,21,29H,12H2,1-10H3,(H2,25,26,27)/t15-,17-,18-,21+/m1/s1. The van der Waals surface area contributed by atoms with Crippen molar-refractivity contribution in [1.29, 1.82) is 0 Å². The monoisotopic (exact) mass is 620 g/mol. The molecule has 1 fully saturated rings. The molecule has 3 N–H and O–H groups in total. The van der Waals surface area contributed by atoms with E-state index in [1.807, 2.05) is 10.8 Å². The van der Waals surface area contributed by atoms with E-state index in [9.17, 15) is 5.11 Å². The number of aromatic nitrogens is 3. The zero-order valence-electron chi connectivity index (χ0n) is 22.1. The average molecular weight is 621 g/mol. The van der Waals surface area contributed by atoms with E-state index in [4.69, 9.17) is 19.3 Å². The van der Waals surface area contributed by atoms with Crippen LogP contribution in [0.3, 0.4) is 0 Å². The number of nitrogen functional groups attached to an aromatic ring is 1. The fourth-order valence-corrected chi connectivity index (χ4v) is 7.06. The molecule has 1 aliphatic heterocycles. The Bertz CT molecular complexity index is 1030. The number of aliphatic hydroxyl groups excluding tert-OH is 1. The second-order valence-corrected chi connectivity index (χ2v) is 22.9. The highest BCUT2D eigenvalue weighted by Crippen LogP contribution is 2.46. The fraction of sp³-hybridized carbons (Fsp3) is 0.739. The van der Waals surface area contributed by atoms with Crippen LogP contribution in [0.25, 0.3) is 11.0 Å². The molecule has 0 aromatic carbocycles. The van der Waals surface area contributed by atoms with Crippen molar-refractivity contribution in [3.63, 3.8) is 0 Å². The van der Waals surface area contributed by atoms with Crippen LogP contribution in [0.2, 0.25) is 36.3 Å². The zero-order chi connectivity index (χ0) is 25.9. The molecule has 2 aromatic rings. The van der Waals surface area contributed by atoms with Gasteiger partial charge in [0.2, 0.25) is 0 Å². The van der Waals surface area contributed by atoms with Crippen LogP contribution in [0.1, 0.15) is 47.8 Å². The van der Waals surface area contributed by atoms with Gasteiger partial charge in [0, 0.05) is 9.77 Å². The predicted molar refractivity (Wildman–Crippen MR) is 150 cm³/mol. The first-order chi connectivity index (χ1) is 15.4. The number of hydrogen-bond acceptors (Lipinski definition) is 7. The van der Waals surface area contributed by atoms with E-state index in [-0.39, 0.29) is 16.7 Å². The zero-order valence-corrected chi connectivity index (χ0v) is 26.3. The first kappa shape index (κ1) is 28.0. The van der Waals surface area contributed by atoms with Gasteiger partial charge < -0.3 is 29.0 Å². The Morgan fingerprint density at radius 2 is 1.56 bits per heavy atom. The number of ether oxygens (including phenoxy) is 1. The molecule has 0 amide bonds. The maximum Gasteiger partial charge on any atom is 0.192 e. The molecule has 34 heavy (non-hydrogen) atoms. The summed E-state index contributed by atoms with van der Waals surface area (Å²) in [5, 5.41) is 11.1. The van der Waals surface area contributed by atoms with Crippen LogP contribution in [0.15, 0.2) is 12.5 Å². The average Bonchev–Trinajstić information content (AvgIpc) is 3.18. The minimum absolute atomic E-state index is 0.00379. The quantitative estimate of drug-likeness (QED) is 0.334. The summed E-state index contributed by atoms with van der Waals surface area (Å²) in [4.78, 5) is 8.69. The summed E-state index contributed by atoms with van der Waals surface area (Å²) in [6.45, 7) is 22.1. The molecule has 3 heterocycles. The van der Waals surface area contributed by atoms with Gasteiger partial charge in [0.1, 0.15) is 36.1 Å². The predicted octanol–water partition coefficient (Wildman–Crippen LogP) is 5.29. The van der Waals surface area contributed by atoms with Crippen LogP contribution in [-0.2, 0) is 13.6 Å². The minimum Gasteiger partial charge on any atom is -0.408 e. The fourth-order valence-electron chi connectivity index (χ4n) is 3.64. The summed E-state index contributed by atoms with van der Waals surface area (Å²) >= 11 is 2.25. The Hall–Kier alpha value is -0.576. The molecule has 0 radical (unpaired) electrons. The molecular weight excluding hydrogens is 579 g/mol. The number of anilines is 1. The van der Waals surface area contributed by atoms with E-state index in [2.05, 4.69) is 100 Å². The summed E-state index contributed by atoms with van der Waals surface area (Å²) in [7, 11) is -4.41. The second kappa shape index (κ2) is 9.38. The summed E-state index contributed by atoms with van der Waals surface area (Å²) in [6, 6.07) is 0. The molecule has 1 saturated heterocycles. The normalized spacial score (nSPS) is 24.8. The van der Waals surface area contributed by atoms with E-state index in [0.717, 1.165) is 8.96 Å². The van der Waals surface area contributed by atoms with Gasteiger partial charge in [-0.15, -0.1) is 0 Å². The third-order valence-corrected chi connectivity index (χ3v) is 17.6. The SMILES string of the molecule is CC(C)(C)[Si](C)(C)O[C@@H]1[C@H](O[Si](C)(C)C(C)(C)C)[C@@H](CO)O[C@@H]1n1cc(I)c2c(N)ncnc21. The molecule has 0 bridgehead atoms. The van der Waals surface area contributed by atoms with E-state index in [1.165, 1.54) is 6.33 Å². The van der Waals surface area contributed by atoms with Crippen molar-refractivity contribution in [2.24, 2.45) is 0 Å². The Morgan fingerprint density at radius 1 is 1.03 bits per heavy atom. The number of fused-ring (bicyclic) bond motifs is 1. The lowest BCUT2D eigenvalue weighted by molar-refractivity contribution is -0.0489. The van der Waals surface area contributed by atoms with Gasteiger partial charge in [0.25, 0.3) is 0 Å². The van der Waals surface area contributed by atoms with E-state index in [1.54, 1.807) is 0 Å². The largest absolute Gasteiger partial charge is 0.408 e. The van der Waals surface area contributed by atoms with Gasteiger partial charge in [0.15, 0.2) is 22.9 Å². The number of rotatable bonds is 6. The molecule has 1 aliphatic rings. The molecule has 0 aliphatic carbocycles. The minimum atomic E-state index is -2.22. The molecular formula is C23H41IN4O4Si2. The highest BCUT2D eigenvalue weighted by molar-refractivity contribution is 14.1. The maximum absolute atomic E-state index is 10.3. The lowest BCUT2D eigenvalue weighted by Crippen LogP contribution is -2.53. The molecule has 192 valence electrons. The van der Waals surface area contributed by atoms with Gasteiger partial charge in [0.05, 0.1) is 12.0 Å². The van der Waals surface area contributed by atoms with E-state index in [0.29, 0.717) is 11.5 Å². The van der Waals surface area contributed by atoms with E-state index >= 15 is 0 Å². The summed E-state index contributed by atoms with van der Waals surface area (Å²) in [5.41, 5.74) is 6.87. The van der Waals surface area contributed by atoms with Crippen molar-refractivity contribution in [3.8, 4) is 0 Å². The topological polar surface area (TPSA) is 105 Å². The van der Waals surface area contributed by atoms with Gasteiger partial charge in [-0.2, -0.15) is 0 Å². The number of aliphatic hydroxyl groups is 1. The second-order valence-electron chi connectivity index (χ2n) is 12.3. The number of halogens is 1. The van der Waals surface area contributed by atoms with Crippen LogP contribution >= 0.6 is 22.6 Å². The van der Waals surface area contributed by atoms with Gasteiger partial charge in [-0.05, 0) is 58.9 Å². The van der Waals surface area contributed by atoms with Crippen LogP contribution in [0.5, 0.6) is 0 Å². The van der Waals surface area contributed by atoms with Crippen molar-refractivity contribution in [1.82, 2.24) is 14.5 Å². The molecule has 2 aromatic heterocycles. The molecule has 0 spiro atoms. The van der Waals surface area contributed by atoms with E-state index < -0.39 is 41.2 Å². The van der Waals surface area contributed by atoms with Crippen molar-refractivity contribution in [2.45, 2.75) is 102 Å². The Labute approximate surface area is 219 Å². The smallest absolute Gasteiger partial charge is 0.192 e. The van der Waals surface area contributed by atoms with Crippen molar-refractivity contribution in [3.05, 3.63) is 16.1 Å². The highest BCUT2D eigenvalue weighted by Gasteiger charge is 2.54. The molecule has 0 unspecified atom stereocenters. The van der Waals surface area contributed by atoms with Crippen molar-refractivity contribution >= 4 is 56.1 Å². The third-order valence-electron chi connectivity index (χ3n) is 7.81. The number of nitrogens with zero attached hydrogens (tertiary/aromatic N) is 3.